The van der Waals surface area contributed by atoms with Gasteiger partial charge in [-0.25, -0.2) is 14.5 Å². The van der Waals surface area contributed by atoms with E-state index >= 15 is 0 Å². The second kappa shape index (κ2) is 5.71. The summed E-state index contributed by atoms with van der Waals surface area (Å²) in [7, 11) is 0. The largest absolute Gasteiger partial charge is 0.262 e. The van der Waals surface area contributed by atoms with Crippen molar-refractivity contribution >= 4 is 39.9 Å². The molecule has 0 aliphatic heterocycles. The van der Waals surface area contributed by atoms with Crippen LogP contribution in [0, 0.1) is 6.92 Å². The first-order valence-electron chi connectivity index (χ1n) is 7.89. The van der Waals surface area contributed by atoms with Crippen LogP contribution in [0.5, 0.6) is 0 Å². The number of hydrogen-bond donors (Lipinski definition) is 1. The Labute approximate surface area is 154 Å². The highest BCUT2D eigenvalue weighted by molar-refractivity contribution is 7.99. The van der Waals surface area contributed by atoms with E-state index in [0.717, 1.165) is 27.4 Å². The quantitative estimate of drug-likeness (QED) is 0.527. The number of benzene rings is 1. The number of rotatable bonds is 2. The van der Waals surface area contributed by atoms with Gasteiger partial charge in [0.15, 0.2) is 5.65 Å². The minimum Gasteiger partial charge on any atom is -0.262 e. The van der Waals surface area contributed by atoms with E-state index in [-0.39, 0.29) is 5.41 Å². The van der Waals surface area contributed by atoms with Gasteiger partial charge in [0.1, 0.15) is 15.9 Å². The number of nitrogens with zero attached hydrogens (tertiary/aromatic N) is 5. The van der Waals surface area contributed by atoms with Crippen LogP contribution < -0.4 is 0 Å². The maximum atomic E-state index is 6.39. The van der Waals surface area contributed by atoms with E-state index in [2.05, 4.69) is 41.1 Å². The van der Waals surface area contributed by atoms with Crippen molar-refractivity contribution in [2.75, 3.05) is 0 Å². The summed E-state index contributed by atoms with van der Waals surface area (Å²) in [5, 5.41) is 14.8. The van der Waals surface area contributed by atoms with Crippen LogP contribution in [0.15, 0.2) is 34.4 Å². The molecule has 128 valence electrons. The molecule has 1 aromatic carbocycles. The van der Waals surface area contributed by atoms with E-state index < -0.39 is 0 Å². The maximum Gasteiger partial charge on any atom is 0.214 e. The summed E-state index contributed by atoms with van der Waals surface area (Å²) in [6, 6.07) is 7.99. The summed E-state index contributed by atoms with van der Waals surface area (Å²) in [4.78, 5) is 9.32. The van der Waals surface area contributed by atoms with Gasteiger partial charge in [-0.2, -0.15) is 5.10 Å². The van der Waals surface area contributed by atoms with Crippen molar-refractivity contribution < 1.29 is 0 Å². The van der Waals surface area contributed by atoms with Crippen LogP contribution in [0.4, 0.5) is 0 Å². The number of aromatic amines is 1. The van der Waals surface area contributed by atoms with E-state index in [9.17, 15) is 0 Å². The molecule has 0 aliphatic carbocycles. The molecule has 3 heterocycles. The third kappa shape index (κ3) is 2.77. The van der Waals surface area contributed by atoms with E-state index in [0.29, 0.717) is 15.8 Å². The van der Waals surface area contributed by atoms with Gasteiger partial charge in [-0.1, -0.05) is 50.6 Å². The lowest BCUT2D eigenvalue weighted by Gasteiger charge is -2.12. The Kier molecular flexibility index (Phi) is 3.73. The number of H-pyrrole nitrogens is 1. The molecule has 25 heavy (non-hydrogen) atoms. The van der Waals surface area contributed by atoms with E-state index in [1.165, 1.54) is 11.8 Å². The molecule has 3 aromatic heterocycles. The van der Waals surface area contributed by atoms with Crippen molar-refractivity contribution in [1.82, 2.24) is 29.8 Å². The maximum absolute atomic E-state index is 6.39. The molecule has 0 aliphatic rings. The van der Waals surface area contributed by atoms with E-state index in [1.807, 2.05) is 31.2 Å². The summed E-state index contributed by atoms with van der Waals surface area (Å²) >= 11 is 7.81. The average Bonchev–Trinajstić information content (AvgIpc) is 3.14. The van der Waals surface area contributed by atoms with Gasteiger partial charge in [-0.3, -0.25) is 5.10 Å². The summed E-state index contributed by atoms with van der Waals surface area (Å²) in [5.74, 6) is 0.846. The lowest BCUT2D eigenvalue weighted by Crippen LogP contribution is -2.13. The topological polar surface area (TPSA) is 71.8 Å². The molecule has 6 nitrogen and oxygen atoms in total. The number of hydrogen-bond acceptors (Lipinski definition) is 5. The molecule has 8 heteroatoms. The van der Waals surface area contributed by atoms with Crippen molar-refractivity contribution in [2.24, 2.45) is 0 Å². The molecule has 0 spiro atoms. The van der Waals surface area contributed by atoms with Gasteiger partial charge in [0.05, 0.1) is 11.2 Å². The van der Waals surface area contributed by atoms with Crippen molar-refractivity contribution in [2.45, 2.75) is 43.3 Å². The Hall–Kier alpha value is -2.12. The van der Waals surface area contributed by atoms with Gasteiger partial charge in [-0.05, 0) is 24.8 Å². The zero-order valence-electron chi connectivity index (χ0n) is 14.3. The lowest BCUT2D eigenvalue weighted by atomic mass is 9.96. The second-order valence-electron chi connectivity index (χ2n) is 6.89. The first-order chi connectivity index (χ1) is 11.8. The van der Waals surface area contributed by atoms with Crippen molar-refractivity contribution in [3.8, 4) is 0 Å². The van der Waals surface area contributed by atoms with Crippen molar-refractivity contribution in [1.29, 1.82) is 0 Å². The van der Waals surface area contributed by atoms with Crippen LogP contribution in [-0.4, -0.2) is 29.8 Å². The SMILES string of the molecule is Cc1nn2c(nc(Sc3n[nH]c(C(C)(C)C)n3)c3ccccc32)c1Cl. The van der Waals surface area contributed by atoms with Gasteiger partial charge < -0.3 is 0 Å². The predicted molar refractivity (Wildman–Crippen MR) is 99.4 cm³/mol. The Balaban J connectivity index is 1.88. The number of aryl methyl sites for hydroxylation is 1. The molecule has 4 rings (SSSR count). The predicted octanol–water partition coefficient (Wildman–Crippen LogP) is 4.41. The molecular formula is C17H17ClN6S. The number of fused-ring (bicyclic) bond motifs is 3. The highest BCUT2D eigenvalue weighted by Gasteiger charge is 2.21. The minimum absolute atomic E-state index is 0.0862. The van der Waals surface area contributed by atoms with E-state index in [4.69, 9.17) is 16.6 Å². The zero-order valence-corrected chi connectivity index (χ0v) is 15.9. The third-order valence-electron chi connectivity index (χ3n) is 3.90. The van der Waals surface area contributed by atoms with Gasteiger partial charge in [0.25, 0.3) is 0 Å². The molecule has 0 saturated carbocycles. The van der Waals surface area contributed by atoms with Gasteiger partial charge in [0.2, 0.25) is 5.16 Å². The fourth-order valence-electron chi connectivity index (χ4n) is 2.55. The summed E-state index contributed by atoms with van der Waals surface area (Å²) in [5.41, 5.74) is 2.27. The molecule has 0 radical (unpaired) electrons. The van der Waals surface area contributed by atoms with Crippen LogP contribution in [0.25, 0.3) is 16.6 Å². The minimum atomic E-state index is -0.0862. The first kappa shape index (κ1) is 16.4. The summed E-state index contributed by atoms with van der Waals surface area (Å²) in [6.45, 7) is 8.16. The molecule has 0 unspecified atom stereocenters. The van der Waals surface area contributed by atoms with Gasteiger partial charge >= 0.3 is 0 Å². The van der Waals surface area contributed by atoms with Gasteiger partial charge in [0, 0.05) is 10.8 Å². The fourth-order valence-corrected chi connectivity index (χ4v) is 3.52. The molecule has 0 fully saturated rings. The molecule has 0 amide bonds. The average molecular weight is 373 g/mol. The summed E-state index contributed by atoms with van der Waals surface area (Å²) < 4.78 is 1.79. The Morgan fingerprint density at radius 3 is 2.64 bits per heavy atom. The van der Waals surface area contributed by atoms with Crippen LogP contribution in [0.3, 0.4) is 0 Å². The van der Waals surface area contributed by atoms with Crippen LogP contribution >= 0.6 is 23.4 Å². The van der Waals surface area contributed by atoms with Crippen molar-refractivity contribution in [3.05, 3.63) is 40.8 Å². The Morgan fingerprint density at radius 1 is 1.16 bits per heavy atom. The normalized spacial score (nSPS) is 12.4. The molecule has 1 N–H and O–H groups in total. The van der Waals surface area contributed by atoms with E-state index in [1.54, 1.807) is 4.52 Å². The Morgan fingerprint density at radius 2 is 1.92 bits per heavy atom. The zero-order chi connectivity index (χ0) is 17.8. The molecule has 0 bridgehead atoms. The smallest absolute Gasteiger partial charge is 0.214 e. The third-order valence-corrected chi connectivity index (χ3v) is 5.21. The lowest BCUT2D eigenvalue weighted by molar-refractivity contribution is 0.547. The monoisotopic (exact) mass is 372 g/mol. The number of para-hydroxylation sites is 1. The second-order valence-corrected chi connectivity index (χ2v) is 8.22. The molecule has 0 atom stereocenters. The first-order valence-corrected chi connectivity index (χ1v) is 9.08. The van der Waals surface area contributed by atoms with Crippen LogP contribution in [0.1, 0.15) is 32.3 Å². The molecule has 4 aromatic rings. The Bertz CT molecular complexity index is 1090. The fraction of sp³-hybridized carbons (Fsp3) is 0.294. The molecular weight excluding hydrogens is 356 g/mol. The number of halogens is 1. The number of nitrogens with one attached hydrogen (secondary N) is 1. The number of aromatic nitrogens is 6. The van der Waals surface area contributed by atoms with Crippen LogP contribution in [0.2, 0.25) is 5.02 Å². The highest BCUT2D eigenvalue weighted by atomic mass is 35.5. The highest BCUT2D eigenvalue weighted by Crippen LogP contribution is 2.33. The summed E-state index contributed by atoms with van der Waals surface area (Å²) in [6.07, 6.45) is 0. The molecule has 0 saturated heterocycles. The standard InChI is InChI=1S/C17H17ClN6S/c1-9-12(18)13-19-14(10-7-5-6-8-11(10)24(13)23-9)25-16-20-15(21-22-16)17(2,3)4/h5-8H,1-4H3,(H,20,21,22). The van der Waals surface area contributed by atoms with Crippen LogP contribution in [-0.2, 0) is 5.41 Å². The van der Waals surface area contributed by atoms with Gasteiger partial charge in [-0.15, -0.1) is 5.10 Å². The van der Waals surface area contributed by atoms with Crippen molar-refractivity contribution in [3.63, 3.8) is 0 Å².